The van der Waals surface area contributed by atoms with Gasteiger partial charge in [-0.25, -0.2) is 8.42 Å². The van der Waals surface area contributed by atoms with Crippen LogP contribution < -0.4 is 0 Å². The first-order chi connectivity index (χ1) is 7.38. The SMILES string of the molecule is C[C@H](c1ccc(Cl)c(Cl)c1)S(=O)(=O)CCO. The first-order valence-electron chi connectivity index (χ1n) is 4.66. The smallest absolute Gasteiger partial charge is 0.159 e. The lowest BCUT2D eigenvalue weighted by Crippen LogP contribution is -2.16. The lowest BCUT2D eigenvalue weighted by atomic mass is 10.2. The Labute approximate surface area is 105 Å². The van der Waals surface area contributed by atoms with Crippen molar-refractivity contribution < 1.29 is 13.5 Å². The molecule has 1 aromatic rings. The molecule has 0 aliphatic carbocycles. The topological polar surface area (TPSA) is 54.4 Å². The molecule has 6 heteroatoms. The molecule has 0 heterocycles. The fraction of sp³-hybridized carbons (Fsp3) is 0.400. The van der Waals surface area contributed by atoms with Crippen LogP contribution in [0.2, 0.25) is 10.0 Å². The van der Waals surface area contributed by atoms with Crippen molar-refractivity contribution in [2.75, 3.05) is 12.4 Å². The highest BCUT2D eigenvalue weighted by molar-refractivity contribution is 7.91. The summed E-state index contributed by atoms with van der Waals surface area (Å²) in [5.74, 6) is -0.256. The summed E-state index contributed by atoms with van der Waals surface area (Å²) in [7, 11) is -3.34. The van der Waals surface area contributed by atoms with Crippen molar-refractivity contribution in [3.05, 3.63) is 33.8 Å². The van der Waals surface area contributed by atoms with Crippen LogP contribution in [-0.4, -0.2) is 25.9 Å². The van der Waals surface area contributed by atoms with Gasteiger partial charge in [0.2, 0.25) is 0 Å². The van der Waals surface area contributed by atoms with E-state index >= 15 is 0 Å². The van der Waals surface area contributed by atoms with Crippen LogP contribution in [0.3, 0.4) is 0 Å². The van der Waals surface area contributed by atoms with Gasteiger partial charge in [-0.05, 0) is 24.6 Å². The molecule has 3 nitrogen and oxygen atoms in total. The molecule has 0 aromatic heterocycles. The molecule has 0 unspecified atom stereocenters. The van der Waals surface area contributed by atoms with Crippen molar-refractivity contribution in [3.63, 3.8) is 0 Å². The van der Waals surface area contributed by atoms with Crippen LogP contribution in [0.1, 0.15) is 17.7 Å². The Morgan fingerprint density at radius 2 is 1.94 bits per heavy atom. The molecule has 0 spiro atoms. The zero-order valence-corrected chi connectivity index (χ0v) is 11.0. The van der Waals surface area contributed by atoms with Crippen LogP contribution in [0, 0.1) is 0 Å². The first-order valence-corrected chi connectivity index (χ1v) is 7.13. The molecular formula is C10H12Cl2O3S. The Morgan fingerprint density at radius 3 is 2.44 bits per heavy atom. The summed E-state index contributed by atoms with van der Waals surface area (Å²) in [6.45, 7) is 1.18. The largest absolute Gasteiger partial charge is 0.395 e. The number of halogens is 2. The van der Waals surface area contributed by atoms with E-state index < -0.39 is 15.1 Å². The standard InChI is InChI=1S/C10H12Cl2O3S/c1-7(16(14,15)5-4-13)8-2-3-9(11)10(12)6-8/h2-3,6-7,13H,4-5H2,1H3/t7-/m1/s1. The Morgan fingerprint density at radius 1 is 1.31 bits per heavy atom. The van der Waals surface area contributed by atoms with E-state index in [2.05, 4.69) is 0 Å². The second kappa shape index (κ2) is 5.36. The van der Waals surface area contributed by atoms with Gasteiger partial charge in [0.1, 0.15) is 0 Å². The summed E-state index contributed by atoms with van der Waals surface area (Å²) < 4.78 is 23.4. The van der Waals surface area contributed by atoms with Gasteiger partial charge in [0.25, 0.3) is 0 Å². The van der Waals surface area contributed by atoms with E-state index in [1.54, 1.807) is 19.1 Å². The van der Waals surface area contributed by atoms with E-state index in [1.807, 2.05) is 0 Å². The number of hydrogen-bond acceptors (Lipinski definition) is 3. The average molecular weight is 283 g/mol. The van der Waals surface area contributed by atoms with Crippen molar-refractivity contribution >= 4 is 33.0 Å². The van der Waals surface area contributed by atoms with Crippen molar-refractivity contribution in [2.45, 2.75) is 12.2 Å². The van der Waals surface area contributed by atoms with E-state index in [-0.39, 0.29) is 12.4 Å². The normalized spacial score (nSPS) is 13.8. The number of benzene rings is 1. The summed E-state index contributed by atoms with van der Waals surface area (Å²) in [4.78, 5) is 0. The van der Waals surface area contributed by atoms with Crippen molar-refractivity contribution in [3.8, 4) is 0 Å². The Balaban J connectivity index is 3.05. The Kier molecular flexibility index (Phi) is 4.62. The quantitative estimate of drug-likeness (QED) is 0.923. The van der Waals surface area contributed by atoms with E-state index in [9.17, 15) is 8.42 Å². The summed E-state index contributed by atoms with van der Waals surface area (Å²) in [6, 6.07) is 4.71. The van der Waals surface area contributed by atoms with Gasteiger partial charge in [-0.3, -0.25) is 0 Å². The second-order valence-corrected chi connectivity index (χ2v) is 6.66. The molecule has 1 N–H and O–H groups in total. The van der Waals surface area contributed by atoms with Gasteiger partial charge in [-0.1, -0.05) is 29.3 Å². The zero-order chi connectivity index (χ0) is 12.3. The van der Waals surface area contributed by atoms with Gasteiger partial charge in [-0.2, -0.15) is 0 Å². The van der Waals surface area contributed by atoms with Crippen molar-refractivity contribution in [2.24, 2.45) is 0 Å². The third-order valence-corrected chi connectivity index (χ3v) is 5.17. The predicted octanol–water partition coefficient (Wildman–Crippen LogP) is 2.46. The Bertz CT molecular complexity index is 471. The van der Waals surface area contributed by atoms with Crippen molar-refractivity contribution in [1.82, 2.24) is 0 Å². The molecule has 0 amide bonds. The number of aliphatic hydroxyl groups excluding tert-OH is 1. The van der Waals surface area contributed by atoms with Gasteiger partial charge >= 0.3 is 0 Å². The van der Waals surface area contributed by atoms with Crippen LogP contribution in [0.5, 0.6) is 0 Å². The number of aliphatic hydroxyl groups is 1. The van der Waals surface area contributed by atoms with Gasteiger partial charge < -0.3 is 5.11 Å². The van der Waals surface area contributed by atoms with E-state index in [4.69, 9.17) is 28.3 Å². The van der Waals surface area contributed by atoms with Crippen LogP contribution in [0.4, 0.5) is 0 Å². The first kappa shape index (κ1) is 13.8. The molecule has 0 fully saturated rings. The monoisotopic (exact) mass is 282 g/mol. The van der Waals surface area contributed by atoms with Crippen LogP contribution in [-0.2, 0) is 9.84 Å². The molecule has 16 heavy (non-hydrogen) atoms. The van der Waals surface area contributed by atoms with E-state index in [1.165, 1.54) is 6.07 Å². The highest BCUT2D eigenvalue weighted by Crippen LogP contribution is 2.29. The number of rotatable bonds is 4. The fourth-order valence-corrected chi connectivity index (χ4v) is 2.75. The fourth-order valence-electron chi connectivity index (χ4n) is 1.28. The second-order valence-electron chi connectivity index (χ2n) is 3.41. The molecule has 0 saturated heterocycles. The maximum atomic E-state index is 11.7. The molecule has 0 saturated carbocycles. The molecular weight excluding hydrogens is 271 g/mol. The van der Waals surface area contributed by atoms with E-state index in [0.29, 0.717) is 15.6 Å². The molecule has 0 aliphatic rings. The van der Waals surface area contributed by atoms with Crippen molar-refractivity contribution in [1.29, 1.82) is 0 Å². The average Bonchev–Trinajstić information content (AvgIpc) is 2.21. The predicted molar refractivity (Wildman–Crippen MR) is 65.7 cm³/mol. The maximum Gasteiger partial charge on any atom is 0.159 e. The highest BCUT2D eigenvalue weighted by Gasteiger charge is 2.22. The van der Waals surface area contributed by atoms with Gasteiger partial charge in [0.05, 0.1) is 27.7 Å². The zero-order valence-electron chi connectivity index (χ0n) is 8.65. The minimum atomic E-state index is -3.34. The molecule has 0 bridgehead atoms. The highest BCUT2D eigenvalue weighted by atomic mass is 35.5. The number of sulfone groups is 1. The number of hydrogen-bond donors (Lipinski definition) is 1. The molecule has 0 radical (unpaired) electrons. The summed E-state index contributed by atoms with van der Waals surface area (Å²) in [5, 5.41) is 8.68. The molecule has 90 valence electrons. The molecule has 1 aromatic carbocycles. The van der Waals surface area contributed by atoms with E-state index in [0.717, 1.165) is 0 Å². The summed E-state index contributed by atoms with van der Waals surface area (Å²) in [6.07, 6.45) is 0. The van der Waals surface area contributed by atoms with Crippen LogP contribution in [0.25, 0.3) is 0 Å². The van der Waals surface area contributed by atoms with Gasteiger partial charge in [-0.15, -0.1) is 0 Å². The summed E-state index contributed by atoms with van der Waals surface area (Å²) in [5.41, 5.74) is 0.572. The lowest BCUT2D eigenvalue weighted by molar-refractivity contribution is 0.319. The Hall–Kier alpha value is -0.290. The summed E-state index contributed by atoms with van der Waals surface area (Å²) >= 11 is 11.5. The van der Waals surface area contributed by atoms with Crippen LogP contribution >= 0.6 is 23.2 Å². The minimum Gasteiger partial charge on any atom is -0.395 e. The maximum absolute atomic E-state index is 11.7. The molecule has 1 atom stereocenters. The molecule has 1 rings (SSSR count). The molecule has 0 aliphatic heterocycles. The minimum absolute atomic E-state index is 0.256. The lowest BCUT2D eigenvalue weighted by Gasteiger charge is -2.13. The van der Waals surface area contributed by atoms with Gasteiger partial charge in [0.15, 0.2) is 9.84 Å². The van der Waals surface area contributed by atoms with Crippen LogP contribution in [0.15, 0.2) is 18.2 Å². The van der Waals surface area contributed by atoms with Gasteiger partial charge in [0, 0.05) is 0 Å². The third-order valence-electron chi connectivity index (χ3n) is 2.33. The third kappa shape index (κ3) is 3.10.